The van der Waals surface area contributed by atoms with Crippen LogP contribution in [0.15, 0.2) is 47.4 Å². The quantitative estimate of drug-likeness (QED) is 0.839. The van der Waals surface area contributed by atoms with E-state index in [0.29, 0.717) is 12.8 Å². The van der Waals surface area contributed by atoms with Crippen molar-refractivity contribution < 1.29 is 9.00 Å². The lowest BCUT2D eigenvalue weighted by Crippen LogP contribution is -2.24. The molecule has 1 aliphatic rings. The first-order valence-corrected chi connectivity index (χ1v) is 7.86. The average molecular weight is 272 g/mol. The molecule has 0 saturated heterocycles. The maximum absolute atomic E-state index is 12.5. The van der Waals surface area contributed by atoms with Crippen LogP contribution in [-0.4, -0.2) is 15.2 Å². The molecule has 1 fully saturated rings. The van der Waals surface area contributed by atoms with Crippen LogP contribution in [0.1, 0.15) is 25.7 Å². The SMILES string of the molecule is O=C1CCCC(S(=O)c2ccc3ccccc3c2)C1. The fraction of sp³-hybridized carbons (Fsp3) is 0.312. The van der Waals surface area contributed by atoms with Crippen LogP contribution >= 0.6 is 0 Å². The Morgan fingerprint density at radius 1 is 1.05 bits per heavy atom. The van der Waals surface area contributed by atoms with Gasteiger partial charge in [-0.1, -0.05) is 30.3 Å². The van der Waals surface area contributed by atoms with Crippen molar-refractivity contribution in [3.05, 3.63) is 42.5 Å². The molecule has 2 aromatic rings. The van der Waals surface area contributed by atoms with Gasteiger partial charge >= 0.3 is 0 Å². The van der Waals surface area contributed by atoms with Gasteiger partial charge in [0.15, 0.2) is 0 Å². The zero-order chi connectivity index (χ0) is 13.2. The fourth-order valence-corrected chi connectivity index (χ4v) is 4.20. The zero-order valence-electron chi connectivity index (χ0n) is 10.7. The van der Waals surface area contributed by atoms with Gasteiger partial charge in [0, 0.05) is 23.0 Å². The summed E-state index contributed by atoms with van der Waals surface area (Å²) in [7, 11) is -1.07. The third-order valence-electron chi connectivity index (χ3n) is 3.69. The van der Waals surface area contributed by atoms with Crippen LogP contribution in [0.3, 0.4) is 0 Å². The van der Waals surface area contributed by atoms with Gasteiger partial charge in [0.25, 0.3) is 0 Å². The van der Waals surface area contributed by atoms with Gasteiger partial charge in [-0.2, -0.15) is 0 Å². The number of carbonyl (C=O) groups is 1. The molecule has 0 aliphatic heterocycles. The van der Waals surface area contributed by atoms with Gasteiger partial charge in [0.05, 0.1) is 10.8 Å². The normalized spacial score (nSPS) is 21.5. The molecule has 0 aromatic heterocycles. The number of hydrogen-bond donors (Lipinski definition) is 0. The van der Waals surface area contributed by atoms with Gasteiger partial charge in [0.1, 0.15) is 5.78 Å². The highest BCUT2D eigenvalue weighted by Crippen LogP contribution is 2.26. The van der Waals surface area contributed by atoms with E-state index in [1.165, 1.54) is 0 Å². The van der Waals surface area contributed by atoms with E-state index < -0.39 is 10.8 Å². The van der Waals surface area contributed by atoms with Crippen LogP contribution in [0.4, 0.5) is 0 Å². The van der Waals surface area contributed by atoms with Crippen molar-refractivity contribution in [3.63, 3.8) is 0 Å². The molecule has 0 spiro atoms. The predicted octanol–water partition coefficient (Wildman–Crippen LogP) is 3.46. The first kappa shape index (κ1) is 12.5. The van der Waals surface area contributed by atoms with Crippen LogP contribution in [0.2, 0.25) is 0 Å². The first-order valence-electron chi connectivity index (χ1n) is 6.65. The highest BCUT2D eigenvalue weighted by Gasteiger charge is 2.25. The van der Waals surface area contributed by atoms with Crippen LogP contribution in [0.25, 0.3) is 10.8 Å². The molecule has 2 unspecified atom stereocenters. The van der Waals surface area contributed by atoms with Crippen molar-refractivity contribution in [2.45, 2.75) is 35.8 Å². The Bertz CT molecular complexity index is 648. The summed E-state index contributed by atoms with van der Waals surface area (Å²) >= 11 is 0. The van der Waals surface area contributed by atoms with Crippen molar-refractivity contribution in [1.82, 2.24) is 0 Å². The van der Waals surface area contributed by atoms with Gasteiger partial charge in [-0.25, -0.2) is 0 Å². The predicted molar refractivity (Wildman–Crippen MR) is 77.6 cm³/mol. The highest BCUT2D eigenvalue weighted by molar-refractivity contribution is 7.85. The molecule has 0 amide bonds. The van der Waals surface area contributed by atoms with E-state index in [2.05, 4.69) is 0 Å². The lowest BCUT2D eigenvalue weighted by Gasteiger charge is -2.20. The summed E-state index contributed by atoms with van der Waals surface area (Å²) < 4.78 is 12.5. The first-order chi connectivity index (χ1) is 9.24. The molecule has 3 rings (SSSR count). The van der Waals surface area contributed by atoms with E-state index in [1.54, 1.807) is 0 Å². The van der Waals surface area contributed by atoms with Gasteiger partial charge in [-0.05, 0) is 35.7 Å². The number of benzene rings is 2. The van der Waals surface area contributed by atoms with Crippen LogP contribution < -0.4 is 0 Å². The summed E-state index contributed by atoms with van der Waals surface area (Å²) in [5.41, 5.74) is 0. The Labute approximate surface area is 115 Å². The minimum absolute atomic E-state index is 0.00223. The van der Waals surface area contributed by atoms with Gasteiger partial charge in [-0.3, -0.25) is 9.00 Å². The molecule has 0 N–H and O–H groups in total. The maximum Gasteiger partial charge on any atom is 0.134 e. The van der Waals surface area contributed by atoms with E-state index in [9.17, 15) is 9.00 Å². The van der Waals surface area contributed by atoms with E-state index >= 15 is 0 Å². The van der Waals surface area contributed by atoms with Gasteiger partial charge < -0.3 is 0 Å². The summed E-state index contributed by atoms with van der Waals surface area (Å²) in [5, 5.41) is 2.26. The summed E-state index contributed by atoms with van der Waals surface area (Å²) in [6.07, 6.45) is 2.90. The summed E-state index contributed by atoms with van der Waals surface area (Å²) in [6.45, 7) is 0. The molecular weight excluding hydrogens is 256 g/mol. The molecule has 0 radical (unpaired) electrons. The molecule has 19 heavy (non-hydrogen) atoms. The Kier molecular flexibility index (Phi) is 3.47. The molecule has 0 bridgehead atoms. The Hall–Kier alpha value is -1.48. The molecule has 2 nitrogen and oxygen atoms in total. The fourth-order valence-electron chi connectivity index (χ4n) is 2.65. The smallest absolute Gasteiger partial charge is 0.134 e. The minimum atomic E-state index is -1.07. The molecule has 98 valence electrons. The largest absolute Gasteiger partial charge is 0.300 e. The average Bonchev–Trinajstić information content (AvgIpc) is 2.46. The van der Waals surface area contributed by atoms with Crippen molar-refractivity contribution in [2.75, 3.05) is 0 Å². The van der Waals surface area contributed by atoms with Crippen LogP contribution in [0.5, 0.6) is 0 Å². The second-order valence-electron chi connectivity index (χ2n) is 5.06. The van der Waals surface area contributed by atoms with Crippen LogP contribution in [0, 0.1) is 0 Å². The molecule has 2 atom stereocenters. The van der Waals surface area contributed by atoms with E-state index in [-0.39, 0.29) is 11.0 Å². The Balaban J connectivity index is 1.90. The number of carbonyl (C=O) groups excluding carboxylic acids is 1. The van der Waals surface area contributed by atoms with Gasteiger partial charge in [0.2, 0.25) is 0 Å². The van der Waals surface area contributed by atoms with E-state index in [0.717, 1.165) is 28.5 Å². The zero-order valence-corrected chi connectivity index (χ0v) is 11.5. The van der Waals surface area contributed by atoms with E-state index in [4.69, 9.17) is 0 Å². The number of ketones is 1. The minimum Gasteiger partial charge on any atom is -0.300 e. The molecular formula is C16H16O2S. The Morgan fingerprint density at radius 2 is 1.84 bits per heavy atom. The third-order valence-corrected chi connectivity index (χ3v) is 5.42. The highest BCUT2D eigenvalue weighted by atomic mass is 32.2. The summed E-state index contributed by atoms with van der Waals surface area (Å²) in [5.74, 6) is 0.255. The van der Waals surface area contributed by atoms with Crippen LogP contribution in [-0.2, 0) is 15.6 Å². The molecule has 1 saturated carbocycles. The lowest BCUT2D eigenvalue weighted by atomic mass is 9.99. The number of Topliss-reactive ketones (excluding diaryl/α,β-unsaturated/α-hetero) is 1. The lowest BCUT2D eigenvalue weighted by molar-refractivity contribution is -0.120. The van der Waals surface area contributed by atoms with Crippen molar-refractivity contribution in [3.8, 4) is 0 Å². The van der Waals surface area contributed by atoms with Crippen molar-refractivity contribution >= 4 is 27.4 Å². The van der Waals surface area contributed by atoms with Crippen molar-refractivity contribution in [1.29, 1.82) is 0 Å². The second kappa shape index (κ2) is 5.25. The standard InChI is InChI=1S/C16H16O2S/c17-14-6-3-7-15(11-14)19(18)16-9-8-12-4-1-2-5-13(12)10-16/h1-2,4-5,8-10,15H,3,6-7,11H2. The number of rotatable bonds is 2. The number of hydrogen-bond acceptors (Lipinski definition) is 2. The topological polar surface area (TPSA) is 34.1 Å². The third kappa shape index (κ3) is 2.61. The van der Waals surface area contributed by atoms with Gasteiger partial charge in [-0.15, -0.1) is 0 Å². The molecule has 3 heteroatoms. The molecule has 1 aliphatic carbocycles. The monoisotopic (exact) mass is 272 g/mol. The van der Waals surface area contributed by atoms with E-state index in [1.807, 2.05) is 42.5 Å². The molecule has 0 heterocycles. The Morgan fingerprint density at radius 3 is 2.63 bits per heavy atom. The molecule has 2 aromatic carbocycles. The maximum atomic E-state index is 12.5. The van der Waals surface area contributed by atoms with Crippen molar-refractivity contribution in [2.24, 2.45) is 0 Å². The summed E-state index contributed by atoms with van der Waals surface area (Å²) in [6, 6.07) is 14.0. The number of fused-ring (bicyclic) bond motifs is 1. The summed E-state index contributed by atoms with van der Waals surface area (Å²) in [4.78, 5) is 12.3. The second-order valence-corrected chi connectivity index (χ2v) is 6.80.